The summed E-state index contributed by atoms with van der Waals surface area (Å²) < 4.78 is 5.49. The molecule has 2 atom stereocenters. The number of hydrogen-bond donors (Lipinski definition) is 0. The third-order valence-electron chi connectivity index (χ3n) is 3.97. The quantitative estimate of drug-likeness (QED) is 0.654. The average molecular weight is 202 g/mol. The van der Waals surface area contributed by atoms with E-state index < -0.39 is 0 Å². The highest BCUT2D eigenvalue weighted by atomic mass is 16.6. The molecule has 2 nitrogen and oxygen atoms in total. The zero-order valence-corrected chi connectivity index (χ0v) is 8.82. The van der Waals surface area contributed by atoms with Gasteiger partial charge >= 0.3 is 5.97 Å². The molecule has 0 bridgehead atoms. The smallest absolute Gasteiger partial charge is 0.306 e. The molecule has 1 heterocycles. The van der Waals surface area contributed by atoms with E-state index in [9.17, 15) is 4.79 Å². The van der Waals surface area contributed by atoms with Crippen molar-refractivity contribution in [3.05, 3.63) is 35.9 Å². The Hall–Kier alpha value is -1.31. The van der Waals surface area contributed by atoms with Gasteiger partial charge in [0.1, 0.15) is 5.60 Å². The Kier molecular flexibility index (Phi) is 1.57. The van der Waals surface area contributed by atoms with Crippen LogP contribution in [0.2, 0.25) is 0 Å². The zero-order valence-electron chi connectivity index (χ0n) is 8.82. The first-order valence-corrected chi connectivity index (χ1v) is 5.44. The van der Waals surface area contributed by atoms with Gasteiger partial charge in [0.2, 0.25) is 0 Å². The molecule has 0 N–H and O–H groups in total. The van der Waals surface area contributed by atoms with E-state index in [2.05, 4.69) is 19.1 Å². The van der Waals surface area contributed by atoms with E-state index in [1.807, 2.05) is 18.2 Å². The molecule has 1 saturated heterocycles. The van der Waals surface area contributed by atoms with Crippen molar-refractivity contribution in [1.82, 2.24) is 0 Å². The van der Waals surface area contributed by atoms with Gasteiger partial charge in [0.25, 0.3) is 0 Å². The van der Waals surface area contributed by atoms with Crippen molar-refractivity contribution in [2.24, 2.45) is 0 Å². The monoisotopic (exact) mass is 202 g/mol. The van der Waals surface area contributed by atoms with E-state index in [0.29, 0.717) is 6.42 Å². The van der Waals surface area contributed by atoms with Crippen LogP contribution in [-0.4, -0.2) is 11.6 Å². The first kappa shape index (κ1) is 8.96. The van der Waals surface area contributed by atoms with Crippen molar-refractivity contribution in [2.45, 2.75) is 37.2 Å². The fourth-order valence-electron chi connectivity index (χ4n) is 2.83. The SMILES string of the molecule is CC1(c2ccccc2)CC12CCC(=O)O2. The van der Waals surface area contributed by atoms with Gasteiger partial charge in [0.05, 0.1) is 0 Å². The highest BCUT2D eigenvalue weighted by Gasteiger charge is 2.70. The van der Waals surface area contributed by atoms with Gasteiger partial charge in [-0.05, 0) is 12.0 Å². The second kappa shape index (κ2) is 2.63. The molecule has 2 unspecified atom stereocenters. The Morgan fingerprint density at radius 2 is 2.00 bits per heavy atom. The molecule has 0 radical (unpaired) electrons. The molecule has 2 aliphatic rings. The first-order chi connectivity index (χ1) is 7.16. The lowest BCUT2D eigenvalue weighted by molar-refractivity contribution is -0.143. The van der Waals surface area contributed by atoms with Crippen LogP contribution < -0.4 is 0 Å². The molecular weight excluding hydrogens is 188 g/mol. The summed E-state index contributed by atoms with van der Waals surface area (Å²) in [6, 6.07) is 10.4. The minimum atomic E-state index is -0.175. The molecule has 0 aromatic heterocycles. The Morgan fingerprint density at radius 3 is 2.60 bits per heavy atom. The maximum atomic E-state index is 11.2. The number of carbonyl (C=O) groups is 1. The minimum Gasteiger partial charge on any atom is -0.458 e. The second-order valence-corrected chi connectivity index (χ2v) is 4.84. The predicted molar refractivity (Wildman–Crippen MR) is 56.5 cm³/mol. The molecule has 3 rings (SSSR count). The third-order valence-corrected chi connectivity index (χ3v) is 3.97. The van der Waals surface area contributed by atoms with Crippen LogP contribution in [0.15, 0.2) is 30.3 Å². The first-order valence-electron chi connectivity index (χ1n) is 5.44. The van der Waals surface area contributed by atoms with Crippen LogP contribution in [-0.2, 0) is 14.9 Å². The van der Waals surface area contributed by atoms with Crippen LogP contribution >= 0.6 is 0 Å². The highest BCUT2D eigenvalue weighted by Crippen LogP contribution is 2.64. The fraction of sp³-hybridized carbons (Fsp3) is 0.462. The third kappa shape index (κ3) is 1.08. The van der Waals surface area contributed by atoms with Crippen LogP contribution in [0, 0.1) is 0 Å². The van der Waals surface area contributed by atoms with E-state index in [4.69, 9.17) is 4.74 Å². The number of carbonyl (C=O) groups excluding carboxylic acids is 1. The molecule has 1 aromatic carbocycles. The summed E-state index contributed by atoms with van der Waals surface area (Å²) in [5, 5.41) is 0. The molecule has 1 saturated carbocycles. The molecular formula is C13H14O2. The maximum Gasteiger partial charge on any atom is 0.306 e. The van der Waals surface area contributed by atoms with Gasteiger partial charge in [-0.25, -0.2) is 0 Å². The van der Waals surface area contributed by atoms with E-state index in [1.54, 1.807) is 0 Å². The lowest BCUT2D eigenvalue weighted by atomic mass is 9.93. The van der Waals surface area contributed by atoms with Crippen molar-refractivity contribution in [3.8, 4) is 0 Å². The van der Waals surface area contributed by atoms with Gasteiger partial charge in [-0.1, -0.05) is 37.3 Å². The van der Waals surface area contributed by atoms with Crippen LogP contribution in [0.5, 0.6) is 0 Å². The summed E-state index contributed by atoms with van der Waals surface area (Å²) >= 11 is 0. The van der Waals surface area contributed by atoms with Crippen molar-refractivity contribution < 1.29 is 9.53 Å². The topological polar surface area (TPSA) is 26.3 Å². The van der Waals surface area contributed by atoms with Crippen LogP contribution in [0.4, 0.5) is 0 Å². The van der Waals surface area contributed by atoms with E-state index in [1.165, 1.54) is 5.56 Å². The van der Waals surface area contributed by atoms with Gasteiger partial charge in [-0.2, -0.15) is 0 Å². The van der Waals surface area contributed by atoms with Crippen molar-refractivity contribution in [1.29, 1.82) is 0 Å². The summed E-state index contributed by atoms with van der Waals surface area (Å²) in [7, 11) is 0. The van der Waals surface area contributed by atoms with Gasteiger partial charge in [-0.3, -0.25) is 4.79 Å². The Labute approximate surface area is 89.2 Å². The lowest BCUT2D eigenvalue weighted by Crippen LogP contribution is -2.20. The highest BCUT2D eigenvalue weighted by molar-refractivity contribution is 5.74. The van der Waals surface area contributed by atoms with E-state index >= 15 is 0 Å². The van der Waals surface area contributed by atoms with Gasteiger partial charge in [0, 0.05) is 18.3 Å². The molecule has 1 aromatic rings. The molecule has 2 fully saturated rings. The Balaban J connectivity index is 1.93. The summed E-state index contributed by atoms with van der Waals surface area (Å²) in [4.78, 5) is 11.2. The van der Waals surface area contributed by atoms with Gasteiger partial charge in [-0.15, -0.1) is 0 Å². The molecule has 1 aliphatic carbocycles. The Morgan fingerprint density at radius 1 is 1.27 bits per heavy atom. The number of esters is 1. The largest absolute Gasteiger partial charge is 0.458 e. The zero-order chi connectivity index (χ0) is 10.5. The summed E-state index contributed by atoms with van der Waals surface area (Å²) in [6.07, 6.45) is 2.45. The number of hydrogen-bond acceptors (Lipinski definition) is 2. The number of rotatable bonds is 1. The molecule has 78 valence electrons. The molecule has 1 aliphatic heterocycles. The Bertz CT molecular complexity index is 412. The maximum absolute atomic E-state index is 11.2. The van der Waals surface area contributed by atoms with Crippen molar-refractivity contribution in [2.75, 3.05) is 0 Å². The molecule has 15 heavy (non-hydrogen) atoms. The molecule has 1 spiro atoms. The standard InChI is InChI=1S/C13H14O2/c1-12(10-5-3-2-4-6-10)9-13(12)8-7-11(14)15-13/h2-6H,7-9H2,1H3. The van der Waals surface area contributed by atoms with E-state index in [-0.39, 0.29) is 17.0 Å². The normalized spacial score (nSPS) is 38.1. The molecule has 0 amide bonds. The summed E-state index contributed by atoms with van der Waals surface area (Å²) in [5.41, 5.74) is 1.17. The number of ether oxygens (including phenoxy) is 1. The second-order valence-electron chi connectivity index (χ2n) is 4.84. The predicted octanol–water partition coefficient (Wildman–Crippen LogP) is 2.42. The van der Waals surface area contributed by atoms with Crippen molar-refractivity contribution >= 4 is 5.97 Å². The minimum absolute atomic E-state index is 0.0327. The van der Waals surface area contributed by atoms with E-state index in [0.717, 1.165) is 12.8 Å². The summed E-state index contributed by atoms with van der Waals surface area (Å²) in [6.45, 7) is 2.20. The van der Waals surface area contributed by atoms with Crippen LogP contribution in [0.1, 0.15) is 31.7 Å². The average Bonchev–Trinajstić information content (AvgIpc) is 2.63. The fourth-order valence-corrected chi connectivity index (χ4v) is 2.83. The van der Waals surface area contributed by atoms with Crippen LogP contribution in [0.25, 0.3) is 0 Å². The van der Waals surface area contributed by atoms with Crippen LogP contribution in [0.3, 0.4) is 0 Å². The van der Waals surface area contributed by atoms with Gasteiger partial charge < -0.3 is 4.74 Å². The summed E-state index contributed by atoms with van der Waals surface area (Å²) in [5.74, 6) is -0.0327. The molecule has 2 heteroatoms. The van der Waals surface area contributed by atoms with Crippen molar-refractivity contribution in [3.63, 3.8) is 0 Å². The van der Waals surface area contributed by atoms with Gasteiger partial charge in [0.15, 0.2) is 0 Å². The lowest BCUT2D eigenvalue weighted by Gasteiger charge is -2.17. The number of benzene rings is 1.